The van der Waals surface area contributed by atoms with Gasteiger partial charge in [0, 0.05) is 11.1 Å². The van der Waals surface area contributed by atoms with Crippen LogP contribution < -0.4 is 4.31 Å². The highest BCUT2D eigenvalue weighted by molar-refractivity contribution is 7.92. The van der Waals surface area contributed by atoms with Crippen LogP contribution >= 0.6 is 0 Å². The standard InChI is InChI=1S/C18H15F4N3O3S/c1-11-5-3-4-6-15(11)25(29(2,26)27)10-13-8-7-12(9-14(13)19)16-23-24-17(28-16)18(20,21)22/h3-9H,10H2,1-2H3. The fourth-order valence-corrected chi connectivity index (χ4v) is 3.58. The number of para-hydroxylation sites is 1. The quantitative estimate of drug-likeness (QED) is 0.569. The normalized spacial score (nSPS) is 12.2. The number of benzene rings is 2. The fraction of sp³-hybridized carbons (Fsp3) is 0.222. The molecule has 3 aromatic rings. The van der Waals surface area contributed by atoms with Crippen molar-refractivity contribution in [1.82, 2.24) is 10.2 Å². The Balaban J connectivity index is 1.94. The molecule has 0 atom stereocenters. The summed E-state index contributed by atoms with van der Waals surface area (Å²) in [5.41, 5.74) is 1.04. The predicted octanol–water partition coefficient (Wildman–Crippen LogP) is 4.17. The third kappa shape index (κ3) is 4.56. The second-order valence-electron chi connectivity index (χ2n) is 6.27. The van der Waals surface area contributed by atoms with Crippen LogP contribution in [0.25, 0.3) is 11.5 Å². The zero-order chi connectivity index (χ0) is 21.4. The predicted molar refractivity (Wildman–Crippen MR) is 96.9 cm³/mol. The van der Waals surface area contributed by atoms with Gasteiger partial charge in [-0.1, -0.05) is 24.3 Å². The molecule has 154 valence electrons. The summed E-state index contributed by atoms with van der Waals surface area (Å²) in [6.07, 6.45) is -3.81. The van der Waals surface area contributed by atoms with Crippen molar-refractivity contribution in [3.8, 4) is 11.5 Å². The van der Waals surface area contributed by atoms with Crippen LogP contribution in [0.1, 0.15) is 17.0 Å². The van der Waals surface area contributed by atoms with Gasteiger partial charge in [-0.3, -0.25) is 4.31 Å². The summed E-state index contributed by atoms with van der Waals surface area (Å²) in [5.74, 6) is -2.86. The van der Waals surface area contributed by atoms with E-state index >= 15 is 0 Å². The minimum atomic E-state index is -4.81. The maximum Gasteiger partial charge on any atom is 0.470 e. The van der Waals surface area contributed by atoms with Crippen LogP contribution in [-0.2, 0) is 22.7 Å². The topological polar surface area (TPSA) is 76.3 Å². The minimum absolute atomic E-state index is 0.0259. The van der Waals surface area contributed by atoms with Crippen molar-refractivity contribution in [2.75, 3.05) is 10.6 Å². The summed E-state index contributed by atoms with van der Waals surface area (Å²) in [6.45, 7) is 1.42. The summed E-state index contributed by atoms with van der Waals surface area (Å²) in [4.78, 5) is 0. The maximum atomic E-state index is 14.6. The van der Waals surface area contributed by atoms with Gasteiger partial charge >= 0.3 is 12.1 Å². The lowest BCUT2D eigenvalue weighted by Gasteiger charge is -2.24. The second-order valence-corrected chi connectivity index (χ2v) is 8.18. The van der Waals surface area contributed by atoms with Crippen molar-refractivity contribution in [2.45, 2.75) is 19.6 Å². The molecule has 0 unspecified atom stereocenters. The zero-order valence-electron chi connectivity index (χ0n) is 15.2. The summed E-state index contributed by atoms with van der Waals surface area (Å²) >= 11 is 0. The number of sulfonamides is 1. The molecule has 0 radical (unpaired) electrons. The molecular weight excluding hydrogens is 414 g/mol. The van der Waals surface area contributed by atoms with Crippen molar-refractivity contribution in [3.63, 3.8) is 0 Å². The number of nitrogens with zero attached hydrogens (tertiary/aromatic N) is 3. The van der Waals surface area contributed by atoms with Crippen LogP contribution in [0.15, 0.2) is 46.9 Å². The average Bonchev–Trinajstić information content (AvgIpc) is 3.11. The molecule has 1 heterocycles. The number of aromatic nitrogens is 2. The molecule has 1 aromatic heterocycles. The molecule has 0 aliphatic heterocycles. The lowest BCUT2D eigenvalue weighted by Crippen LogP contribution is -2.30. The Morgan fingerprint density at radius 2 is 1.79 bits per heavy atom. The largest absolute Gasteiger partial charge is 0.470 e. The van der Waals surface area contributed by atoms with E-state index in [1.165, 1.54) is 12.1 Å². The van der Waals surface area contributed by atoms with Crippen LogP contribution in [0.4, 0.5) is 23.2 Å². The summed E-state index contributed by atoms with van der Waals surface area (Å²) < 4.78 is 82.4. The molecule has 0 aliphatic carbocycles. The Labute approximate surface area is 163 Å². The molecule has 0 bridgehead atoms. The van der Waals surface area contributed by atoms with Crippen molar-refractivity contribution < 1.29 is 30.4 Å². The lowest BCUT2D eigenvalue weighted by atomic mass is 10.1. The first-order valence-corrected chi connectivity index (χ1v) is 10.0. The highest BCUT2D eigenvalue weighted by Crippen LogP contribution is 2.31. The van der Waals surface area contributed by atoms with Gasteiger partial charge in [0.2, 0.25) is 15.9 Å². The number of rotatable bonds is 5. The Morgan fingerprint density at radius 3 is 2.34 bits per heavy atom. The SMILES string of the molecule is Cc1ccccc1N(Cc1ccc(-c2nnc(C(F)(F)F)o2)cc1F)S(C)(=O)=O. The van der Waals surface area contributed by atoms with E-state index < -0.39 is 33.8 Å². The van der Waals surface area contributed by atoms with Crippen molar-refractivity contribution in [1.29, 1.82) is 0 Å². The molecule has 0 spiro atoms. The van der Waals surface area contributed by atoms with Gasteiger partial charge in [-0.2, -0.15) is 13.2 Å². The minimum Gasteiger partial charge on any atom is -0.413 e. The van der Waals surface area contributed by atoms with Crippen LogP contribution in [0.2, 0.25) is 0 Å². The van der Waals surface area contributed by atoms with Gasteiger partial charge in [0.15, 0.2) is 0 Å². The molecule has 3 rings (SSSR count). The molecule has 2 aromatic carbocycles. The van der Waals surface area contributed by atoms with E-state index in [-0.39, 0.29) is 17.7 Å². The van der Waals surface area contributed by atoms with Gasteiger partial charge in [-0.15, -0.1) is 10.2 Å². The number of aryl methyl sites for hydroxylation is 1. The average molecular weight is 429 g/mol. The summed E-state index contributed by atoms with van der Waals surface area (Å²) in [5, 5.41) is 6.17. The third-order valence-electron chi connectivity index (χ3n) is 4.07. The van der Waals surface area contributed by atoms with Gasteiger partial charge < -0.3 is 4.42 Å². The van der Waals surface area contributed by atoms with E-state index in [0.29, 0.717) is 11.3 Å². The molecule has 0 fully saturated rings. The smallest absolute Gasteiger partial charge is 0.413 e. The van der Waals surface area contributed by atoms with Crippen LogP contribution in [0, 0.1) is 12.7 Å². The Kier molecular flexibility index (Phi) is 5.35. The van der Waals surface area contributed by atoms with Gasteiger partial charge in [0.1, 0.15) is 5.82 Å². The summed E-state index contributed by atoms with van der Waals surface area (Å²) in [7, 11) is -3.73. The molecule has 6 nitrogen and oxygen atoms in total. The van der Waals surface area contributed by atoms with Crippen molar-refractivity contribution in [3.05, 3.63) is 65.3 Å². The first kappa shape index (κ1) is 20.8. The van der Waals surface area contributed by atoms with Crippen LogP contribution in [0.5, 0.6) is 0 Å². The number of hydrogen-bond donors (Lipinski definition) is 0. The van der Waals surface area contributed by atoms with Crippen LogP contribution in [0.3, 0.4) is 0 Å². The zero-order valence-corrected chi connectivity index (χ0v) is 16.1. The van der Waals surface area contributed by atoms with Gasteiger partial charge in [-0.25, -0.2) is 12.8 Å². The Bertz CT molecular complexity index is 1140. The highest BCUT2D eigenvalue weighted by Gasteiger charge is 2.38. The third-order valence-corrected chi connectivity index (χ3v) is 5.19. The molecular formula is C18H15F4N3O3S. The molecule has 11 heteroatoms. The highest BCUT2D eigenvalue weighted by atomic mass is 32.2. The van der Waals surface area contributed by atoms with Crippen molar-refractivity contribution in [2.24, 2.45) is 0 Å². The maximum absolute atomic E-state index is 14.6. The van der Waals surface area contributed by atoms with E-state index in [9.17, 15) is 26.0 Å². The number of alkyl halides is 3. The Morgan fingerprint density at radius 1 is 1.10 bits per heavy atom. The number of hydrogen-bond acceptors (Lipinski definition) is 5. The fourth-order valence-electron chi connectivity index (χ4n) is 2.64. The molecule has 0 amide bonds. The first-order valence-electron chi connectivity index (χ1n) is 8.19. The summed E-state index contributed by atoms with van der Waals surface area (Å²) in [6, 6.07) is 10.2. The van der Waals surface area contributed by atoms with Crippen molar-refractivity contribution >= 4 is 15.7 Å². The first-order chi connectivity index (χ1) is 13.5. The van der Waals surface area contributed by atoms with E-state index in [2.05, 4.69) is 14.6 Å². The second kappa shape index (κ2) is 7.47. The van der Waals surface area contributed by atoms with E-state index in [1.807, 2.05) is 0 Å². The Hall–Kier alpha value is -2.95. The van der Waals surface area contributed by atoms with E-state index in [0.717, 1.165) is 16.6 Å². The number of anilines is 1. The van der Waals surface area contributed by atoms with Gasteiger partial charge in [0.25, 0.3) is 0 Å². The van der Waals surface area contributed by atoms with E-state index in [4.69, 9.17) is 0 Å². The molecule has 0 saturated heterocycles. The van der Waals surface area contributed by atoms with Gasteiger partial charge in [-0.05, 0) is 30.7 Å². The molecule has 0 saturated carbocycles. The van der Waals surface area contributed by atoms with Crippen LogP contribution in [-0.4, -0.2) is 24.9 Å². The molecule has 0 aliphatic rings. The monoisotopic (exact) mass is 429 g/mol. The molecule has 29 heavy (non-hydrogen) atoms. The molecule has 0 N–H and O–H groups in total. The van der Waals surface area contributed by atoms with Gasteiger partial charge in [0.05, 0.1) is 18.5 Å². The number of halogens is 4. The lowest BCUT2D eigenvalue weighted by molar-refractivity contribution is -0.156. The van der Waals surface area contributed by atoms with E-state index in [1.54, 1.807) is 31.2 Å².